The van der Waals surface area contributed by atoms with Crippen LogP contribution in [0.25, 0.3) is 0 Å². The molecule has 1 saturated carbocycles. The van der Waals surface area contributed by atoms with E-state index in [0.717, 1.165) is 9.39 Å². The normalized spacial score (nSPS) is 18.4. The van der Waals surface area contributed by atoms with Crippen LogP contribution in [0.15, 0.2) is 12.1 Å². The zero-order valence-corrected chi connectivity index (χ0v) is 10.2. The summed E-state index contributed by atoms with van der Waals surface area (Å²) in [5, 5.41) is 9.72. The average Bonchev–Trinajstić information content (AvgIpc) is 2.23. The summed E-state index contributed by atoms with van der Waals surface area (Å²) in [6.45, 7) is 0. The van der Waals surface area contributed by atoms with Crippen molar-refractivity contribution in [3.63, 3.8) is 0 Å². The summed E-state index contributed by atoms with van der Waals surface area (Å²) in [4.78, 5) is 4.43. The molecule has 1 aliphatic carbocycles. The molecule has 0 unspecified atom stereocenters. The fourth-order valence-corrected chi connectivity index (χ4v) is 2.56. The van der Waals surface area contributed by atoms with Crippen molar-refractivity contribution in [2.75, 3.05) is 0 Å². The van der Waals surface area contributed by atoms with Crippen molar-refractivity contribution in [2.24, 2.45) is 0 Å². The standard InChI is InChI=1S/C11H14INO/c12-10-7-6-9(14)11(13-10)8-4-2-1-3-5-8/h6-8,14H,1-5H2. The number of hydrogen-bond acceptors (Lipinski definition) is 2. The topological polar surface area (TPSA) is 33.1 Å². The van der Waals surface area contributed by atoms with E-state index in [2.05, 4.69) is 27.6 Å². The molecule has 0 amide bonds. The van der Waals surface area contributed by atoms with Gasteiger partial charge in [0.05, 0.1) is 5.69 Å². The van der Waals surface area contributed by atoms with E-state index in [4.69, 9.17) is 0 Å². The zero-order valence-electron chi connectivity index (χ0n) is 8.04. The molecule has 0 spiro atoms. The third kappa shape index (κ3) is 2.19. The predicted molar refractivity (Wildman–Crippen MR) is 64.4 cm³/mol. The van der Waals surface area contributed by atoms with Crippen LogP contribution in [0.1, 0.15) is 43.7 Å². The second-order valence-electron chi connectivity index (χ2n) is 3.87. The minimum atomic E-state index is 0.373. The van der Waals surface area contributed by atoms with Crippen LogP contribution >= 0.6 is 22.6 Å². The fraction of sp³-hybridized carbons (Fsp3) is 0.545. The monoisotopic (exact) mass is 303 g/mol. The molecule has 2 nitrogen and oxygen atoms in total. The molecule has 1 N–H and O–H groups in total. The fourth-order valence-electron chi connectivity index (χ4n) is 2.12. The molecular weight excluding hydrogens is 289 g/mol. The predicted octanol–water partition coefficient (Wildman–Crippen LogP) is 3.44. The first-order valence-electron chi connectivity index (χ1n) is 5.13. The van der Waals surface area contributed by atoms with Gasteiger partial charge in [-0.05, 0) is 47.6 Å². The third-order valence-electron chi connectivity index (χ3n) is 2.86. The molecule has 1 aromatic heterocycles. The Balaban J connectivity index is 2.24. The highest BCUT2D eigenvalue weighted by atomic mass is 127. The molecule has 1 fully saturated rings. The molecule has 2 rings (SSSR count). The summed E-state index contributed by atoms with van der Waals surface area (Å²) in [5.74, 6) is 0.857. The van der Waals surface area contributed by atoms with Crippen molar-refractivity contribution in [1.29, 1.82) is 0 Å². The summed E-state index contributed by atoms with van der Waals surface area (Å²) in [6.07, 6.45) is 6.25. The molecule has 0 aromatic carbocycles. The summed E-state index contributed by atoms with van der Waals surface area (Å²) in [7, 11) is 0. The van der Waals surface area contributed by atoms with Gasteiger partial charge in [-0.3, -0.25) is 0 Å². The van der Waals surface area contributed by atoms with Crippen molar-refractivity contribution < 1.29 is 5.11 Å². The Morgan fingerprint density at radius 1 is 1.21 bits per heavy atom. The smallest absolute Gasteiger partial charge is 0.137 e. The lowest BCUT2D eigenvalue weighted by Crippen LogP contribution is -2.07. The summed E-state index contributed by atoms with van der Waals surface area (Å²) in [6, 6.07) is 3.61. The van der Waals surface area contributed by atoms with Crippen LogP contribution in [0.4, 0.5) is 0 Å². The Bertz CT molecular complexity index is 321. The molecule has 3 heteroatoms. The zero-order chi connectivity index (χ0) is 9.97. The van der Waals surface area contributed by atoms with E-state index in [1.807, 2.05) is 6.07 Å². The Morgan fingerprint density at radius 3 is 2.64 bits per heavy atom. The Hall–Kier alpha value is -0.320. The van der Waals surface area contributed by atoms with Gasteiger partial charge in [0.2, 0.25) is 0 Å². The quantitative estimate of drug-likeness (QED) is 0.637. The second-order valence-corrected chi connectivity index (χ2v) is 4.98. The van der Waals surface area contributed by atoms with Gasteiger partial charge >= 0.3 is 0 Å². The average molecular weight is 303 g/mol. The maximum atomic E-state index is 9.72. The van der Waals surface area contributed by atoms with E-state index >= 15 is 0 Å². The summed E-state index contributed by atoms with van der Waals surface area (Å²) in [5.41, 5.74) is 0.914. The Labute approximate surface area is 97.9 Å². The van der Waals surface area contributed by atoms with Crippen molar-refractivity contribution in [1.82, 2.24) is 4.98 Å². The molecule has 1 aliphatic rings. The van der Waals surface area contributed by atoms with Gasteiger partial charge in [-0.1, -0.05) is 19.3 Å². The van der Waals surface area contributed by atoms with E-state index < -0.39 is 0 Å². The van der Waals surface area contributed by atoms with Crippen molar-refractivity contribution in [2.45, 2.75) is 38.0 Å². The largest absolute Gasteiger partial charge is 0.506 e. The molecule has 0 aliphatic heterocycles. The van der Waals surface area contributed by atoms with E-state index in [0.29, 0.717) is 11.7 Å². The number of hydrogen-bond donors (Lipinski definition) is 1. The number of halogens is 1. The number of nitrogens with zero attached hydrogens (tertiary/aromatic N) is 1. The highest BCUT2D eigenvalue weighted by molar-refractivity contribution is 14.1. The van der Waals surface area contributed by atoms with Gasteiger partial charge < -0.3 is 5.11 Å². The molecule has 0 bridgehead atoms. The molecule has 1 heterocycles. The molecule has 14 heavy (non-hydrogen) atoms. The van der Waals surface area contributed by atoms with Crippen LogP contribution in [0.2, 0.25) is 0 Å². The Kier molecular flexibility index (Phi) is 3.26. The molecule has 0 saturated heterocycles. The summed E-state index contributed by atoms with van der Waals surface area (Å²) >= 11 is 2.20. The number of aromatic hydroxyl groups is 1. The number of rotatable bonds is 1. The highest BCUT2D eigenvalue weighted by Crippen LogP contribution is 2.35. The van der Waals surface area contributed by atoms with Crippen LogP contribution in [-0.4, -0.2) is 10.1 Å². The van der Waals surface area contributed by atoms with Gasteiger partial charge in [-0.2, -0.15) is 0 Å². The second kappa shape index (κ2) is 4.47. The first-order chi connectivity index (χ1) is 6.77. The van der Waals surface area contributed by atoms with E-state index in [1.54, 1.807) is 6.07 Å². The maximum absolute atomic E-state index is 9.72. The lowest BCUT2D eigenvalue weighted by molar-refractivity contribution is 0.405. The van der Waals surface area contributed by atoms with E-state index in [1.165, 1.54) is 32.1 Å². The lowest BCUT2D eigenvalue weighted by atomic mass is 9.86. The molecule has 76 valence electrons. The first kappa shape index (κ1) is 10.2. The first-order valence-corrected chi connectivity index (χ1v) is 6.20. The third-order valence-corrected chi connectivity index (χ3v) is 3.46. The van der Waals surface area contributed by atoms with Gasteiger partial charge in [0, 0.05) is 5.92 Å². The number of pyridine rings is 1. The lowest BCUT2D eigenvalue weighted by Gasteiger charge is -2.21. The van der Waals surface area contributed by atoms with Crippen LogP contribution in [0.3, 0.4) is 0 Å². The van der Waals surface area contributed by atoms with Crippen molar-refractivity contribution >= 4 is 22.6 Å². The molecular formula is C11H14INO. The van der Waals surface area contributed by atoms with E-state index in [-0.39, 0.29) is 0 Å². The molecule has 1 aromatic rings. The van der Waals surface area contributed by atoms with Crippen LogP contribution in [-0.2, 0) is 0 Å². The Morgan fingerprint density at radius 2 is 1.93 bits per heavy atom. The minimum absolute atomic E-state index is 0.373. The van der Waals surface area contributed by atoms with Gasteiger partial charge in [-0.25, -0.2) is 4.98 Å². The van der Waals surface area contributed by atoms with Crippen LogP contribution < -0.4 is 0 Å². The minimum Gasteiger partial charge on any atom is -0.506 e. The molecule has 0 atom stereocenters. The SMILES string of the molecule is Oc1ccc(I)nc1C1CCCCC1. The van der Waals surface area contributed by atoms with Gasteiger partial charge in [0.25, 0.3) is 0 Å². The van der Waals surface area contributed by atoms with Crippen molar-refractivity contribution in [3.8, 4) is 5.75 Å². The van der Waals surface area contributed by atoms with Crippen LogP contribution in [0, 0.1) is 3.70 Å². The van der Waals surface area contributed by atoms with Crippen LogP contribution in [0.5, 0.6) is 5.75 Å². The van der Waals surface area contributed by atoms with Crippen molar-refractivity contribution in [3.05, 3.63) is 21.5 Å². The van der Waals surface area contributed by atoms with E-state index in [9.17, 15) is 5.11 Å². The highest BCUT2D eigenvalue weighted by Gasteiger charge is 2.19. The van der Waals surface area contributed by atoms with Gasteiger partial charge in [0.15, 0.2) is 0 Å². The number of aromatic nitrogens is 1. The molecule has 0 radical (unpaired) electrons. The van der Waals surface area contributed by atoms with Gasteiger partial charge in [0.1, 0.15) is 9.45 Å². The maximum Gasteiger partial charge on any atom is 0.137 e. The van der Waals surface area contributed by atoms with Gasteiger partial charge in [-0.15, -0.1) is 0 Å². The summed E-state index contributed by atoms with van der Waals surface area (Å²) < 4.78 is 0.973.